The molecule has 1 unspecified atom stereocenters. The van der Waals surface area contributed by atoms with Crippen LogP contribution < -0.4 is 20.1 Å². The minimum atomic E-state index is 0. The zero-order valence-corrected chi connectivity index (χ0v) is 20.5. The fourth-order valence-electron chi connectivity index (χ4n) is 3.80. The van der Waals surface area contributed by atoms with Gasteiger partial charge in [-0.2, -0.15) is 0 Å². The number of amides is 1. The van der Waals surface area contributed by atoms with Crippen molar-refractivity contribution >= 4 is 35.8 Å². The quantitative estimate of drug-likeness (QED) is 0.230. The van der Waals surface area contributed by atoms with E-state index >= 15 is 0 Å². The lowest BCUT2D eigenvalue weighted by Crippen LogP contribution is -2.44. The normalized spacial score (nSPS) is 18.1. The lowest BCUT2D eigenvalue weighted by molar-refractivity contribution is -0.133. The van der Waals surface area contributed by atoms with Crippen LogP contribution in [0.25, 0.3) is 0 Å². The summed E-state index contributed by atoms with van der Waals surface area (Å²) in [6.07, 6.45) is 3.91. The van der Waals surface area contributed by atoms with E-state index in [1.165, 1.54) is 5.56 Å². The molecule has 1 fully saturated rings. The third kappa shape index (κ3) is 6.63. The first-order valence-corrected chi connectivity index (χ1v) is 10.4. The molecule has 8 nitrogen and oxygen atoms in total. The third-order valence-electron chi connectivity index (χ3n) is 5.37. The second-order valence-electron chi connectivity index (χ2n) is 7.64. The number of carbonyl (C=O) groups is 1. The van der Waals surface area contributed by atoms with Gasteiger partial charge in [-0.25, -0.2) is 0 Å². The molecule has 2 heterocycles. The molecule has 0 spiro atoms. The number of nitrogens with one attached hydrogen (secondary N) is 2. The first kappa shape index (κ1) is 24.5. The van der Waals surface area contributed by atoms with Gasteiger partial charge < -0.3 is 25.0 Å². The van der Waals surface area contributed by atoms with E-state index in [-0.39, 0.29) is 35.9 Å². The van der Waals surface area contributed by atoms with Crippen LogP contribution in [0, 0.1) is 0 Å². The molecule has 1 aromatic rings. The second-order valence-corrected chi connectivity index (χ2v) is 7.64. The number of hydrogen-bond donors (Lipinski definition) is 2. The monoisotopic (exact) mass is 531 g/mol. The third-order valence-corrected chi connectivity index (χ3v) is 5.37. The van der Waals surface area contributed by atoms with Crippen molar-refractivity contribution in [2.75, 3.05) is 54.1 Å². The van der Waals surface area contributed by atoms with Gasteiger partial charge in [-0.3, -0.25) is 14.7 Å². The van der Waals surface area contributed by atoms with E-state index in [1.807, 2.05) is 26.2 Å². The van der Waals surface area contributed by atoms with Crippen LogP contribution in [0.5, 0.6) is 11.5 Å². The van der Waals surface area contributed by atoms with E-state index in [4.69, 9.17) is 9.47 Å². The zero-order chi connectivity index (χ0) is 20.6. The average molecular weight is 531 g/mol. The summed E-state index contributed by atoms with van der Waals surface area (Å²) in [7, 11) is 5.45. The predicted molar refractivity (Wildman–Crippen MR) is 129 cm³/mol. The van der Waals surface area contributed by atoms with Gasteiger partial charge in [0.1, 0.15) is 0 Å². The fourth-order valence-corrected chi connectivity index (χ4v) is 3.80. The number of benzene rings is 1. The van der Waals surface area contributed by atoms with Crippen molar-refractivity contribution in [2.45, 2.75) is 31.7 Å². The largest absolute Gasteiger partial charge is 0.454 e. The first-order chi connectivity index (χ1) is 14.1. The van der Waals surface area contributed by atoms with Crippen molar-refractivity contribution in [3.05, 3.63) is 23.8 Å². The summed E-state index contributed by atoms with van der Waals surface area (Å²) in [6.45, 7) is 3.83. The lowest BCUT2D eigenvalue weighted by atomic mass is 10.1. The van der Waals surface area contributed by atoms with Gasteiger partial charge in [0.15, 0.2) is 17.5 Å². The molecule has 2 aliphatic heterocycles. The molecule has 0 saturated carbocycles. The number of rotatable bonds is 8. The van der Waals surface area contributed by atoms with Gasteiger partial charge in [-0.15, -0.1) is 24.0 Å². The highest BCUT2D eigenvalue weighted by molar-refractivity contribution is 14.0. The summed E-state index contributed by atoms with van der Waals surface area (Å²) < 4.78 is 10.8. The molecule has 2 aliphatic rings. The molecule has 1 aromatic carbocycles. The Morgan fingerprint density at radius 1 is 1.23 bits per heavy atom. The van der Waals surface area contributed by atoms with Crippen LogP contribution in [-0.4, -0.2) is 81.8 Å². The van der Waals surface area contributed by atoms with Crippen LogP contribution in [0.1, 0.15) is 24.8 Å². The highest BCUT2D eigenvalue weighted by atomic mass is 127. The number of aliphatic imine (C=N–C) groups is 1. The molecule has 1 atom stereocenters. The Kier molecular flexibility index (Phi) is 9.96. The van der Waals surface area contributed by atoms with Crippen molar-refractivity contribution < 1.29 is 14.3 Å². The number of fused-ring (bicyclic) bond motifs is 1. The van der Waals surface area contributed by atoms with E-state index in [0.717, 1.165) is 69.3 Å². The molecule has 0 bridgehead atoms. The number of halogens is 1. The van der Waals surface area contributed by atoms with Crippen molar-refractivity contribution in [2.24, 2.45) is 4.99 Å². The standard InChI is InChI=1S/C21H33N5O3.HI/c1-22-21(24-11-9-16-7-8-18-19(14-16)29-15-28-18)23-10-5-13-26-12-4-6-17(26)20(27)25(2)3;/h7-8,14,17H,4-6,9-13,15H2,1-3H3,(H2,22,23,24);1H. The molecule has 3 rings (SSSR count). The van der Waals surface area contributed by atoms with Crippen LogP contribution in [0.4, 0.5) is 0 Å². The fraction of sp³-hybridized carbons (Fsp3) is 0.619. The Hall–Kier alpha value is -1.75. The molecule has 1 saturated heterocycles. The maximum Gasteiger partial charge on any atom is 0.239 e. The van der Waals surface area contributed by atoms with Crippen LogP contribution in [-0.2, 0) is 11.2 Å². The zero-order valence-electron chi connectivity index (χ0n) is 18.1. The Balaban J connectivity index is 0.00000320. The number of hydrogen-bond acceptors (Lipinski definition) is 5. The molecule has 2 N–H and O–H groups in total. The molecule has 0 radical (unpaired) electrons. The molecule has 1 amide bonds. The number of likely N-dealkylation sites (tertiary alicyclic amines) is 1. The Morgan fingerprint density at radius 3 is 2.77 bits per heavy atom. The van der Waals surface area contributed by atoms with Crippen LogP contribution >= 0.6 is 24.0 Å². The summed E-state index contributed by atoms with van der Waals surface area (Å²) in [5.74, 6) is 2.65. The highest BCUT2D eigenvalue weighted by Gasteiger charge is 2.30. The van der Waals surface area contributed by atoms with Gasteiger partial charge >= 0.3 is 0 Å². The van der Waals surface area contributed by atoms with Crippen LogP contribution in [0.2, 0.25) is 0 Å². The number of ether oxygens (including phenoxy) is 2. The maximum absolute atomic E-state index is 12.3. The van der Waals surface area contributed by atoms with Crippen LogP contribution in [0.3, 0.4) is 0 Å². The van der Waals surface area contributed by atoms with E-state index in [0.29, 0.717) is 6.79 Å². The van der Waals surface area contributed by atoms with Gasteiger partial charge in [0.25, 0.3) is 0 Å². The molecule has 168 valence electrons. The molecule has 0 aliphatic carbocycles. The smallest absolute Gasteiger partial charge is 0.239 e. The van der Waals surface area contributed by atoms with Gasteiger partial charge in [-0.05, 0) is 49.9 Å². The molecule has 0 aromatic heterocycles. The van der Waals surface area contributed by atoms with Crippen molar-refractivity contribution in [1.82, 2.24) is 20.4 Å². The Labute approximate surface area is 196 Å². The number of carbonyl (C=O) groups excluding carboxylic acids is 1. The summed E-state index contributed by atoms with van der Waals surface area (Å²) in [6, 6.07) is 6.09. The van der Waals surface area contributed by atoms with E-state index < -0.39 is 0 Å². The van der Waals surface area contributed by atoms with E-state index in [9.17, 15) is 4.79 Å². The maximum atomic E-state index is 12.3. The minimum absolute atomic E-state index is 0. The molecular formula is C21H34IN5O3. The summed E-state index contributed by atoms with van der Waals surface area (Å²) in [4.78, 5) is 20.6. The van der Waals surface area contributed by atoms with Crippen molar-refractivity contribution in [1.29, 1.82) is 0 Å². The van der Waals surface area contributed by atoms with Gasteiger partial charge in [-0.1, -0.05) is 6.07 Å². The van der Waals surface area contributed by atoms with E-state index in [1.54, 1.807) is 11.9 Å². The van der Waals surface area contributed by atoms with E-state index in [2.05, 4.69) is 26.6 Å². The summed E-state index contributed by atoms with van der Waals surface area (Å²) in [5.41, 5.74) is 1.20. The second kappa shape index (κ2) is 12.2. The summed E-state index contributed by atoms with van der Waals surface area (Å²) >= 11 is 0. The van der Waals surface area contributed by atoms with Crippen molar-refractivity contribution in [3.63, 3.8) is 0 Å². The van der Waals surface area contributed by atoms with Crippen molar-refractivity contribution in [3.8, 4) is 11.5 Å². The minimum Gasteiger partial charge on any atom is -0.454 e. The number of likely N-dealkylation sites (N-methyl/N-ethyl adjacent to an activating group) is 1. The Bertz CT molecular complexity index is 729. The lowest BCUT2D eigenvalue weighted by Gasteiger charge is -2.26. The average Bonchev–Trinajstić information content (AvgIpc) is 3.37. The first-order valence-electron chi connectivity index (χ1n) is 10.4. The van der Waals surface area contributed by atoms with Crippen LogP contribution in [0.15, 0.2) is 23.2 Å². The Morgan fingerprint density at radius 2 is 2.00 bits per heavy atom. The molecular weight excluding hydrogens is 497 g/mol. The van der Waals surface area contributed by atoms with Gasteiger partial charge in [0.2, 0.25) is 12.7 Å². The number of nitrogens with zero attached hydrogens (tertiary/aromatic N) is 3. The number of guanidine groups is 1. The summed E-state index contributed by atoms with van der Waals surface area (Å²) in [5, 5.41) is 6.71. The predicted octanol–water partition coefficient (Wildman–Crippen LogP) is 1.68. The van der Waals surface area contributed by atoms with Gasteiger partial charge in [0.05, 0.1) is 6.04 Å². The highest BCUT2D eigenvalue weighted by Crippen LogP contribution is 2.32. The topological polar surface area (TPSA) is 78.4 Å². The SMILES string of the molecule is CN=C(NCCCN1CCCC1C(=O)N(C)C)NCCc1ccc2c(c1)OCO2.I. The molecule has 9 heteroatoms. The van der Waals surface area contributed by atoms with Gasteiger partial charge in [0, 0.05) is 40.8 Å². The molecule has 30 heavy (non-hydrogen) atoms.